The molecule has 3 aromatic rings. The summed E-state index contributed by atoms with van der Waals surface area (Å²) in [6.45, 7) is 0.0699. The molecule has 2 heterocycles. The Bertz CT molecular complexity index is 1050. The van der Waals surface area contributed by atoms with Crippen LogP contribution in [0, 0.1) is 0 Å². The summed E-state index contributed by atoms with van der Waals surface area (Å²) in [5.41, 5.74) is 2.42. The van der Waals surface area contributed by atoms with Crippen LogP contribution in [0.25, 0.3) is 0 Å². The number of nitrogens with one attached hydrogen (secondary N) is 1. The molecule has 1 aliphatic heterocycles. The molecule has 1 aliphatic rings. The lowest BCUT2D eigenvalue weighted by molar-refractivity contribution is -0.162. The van der Waals surface area contributed by atoms with Crippen LogP contribution in [0.4, 0.5) is 5.69 Å². The molecule has 0 aliphatic carbocycles. The van der Waals surface area contributed by atoms with E-state index in [1.54, 1.807) is 30.2 Å². The monoisotopic (exact) mass is 452 g/mol. The van der Waals surface area contributed by atoms with Gasteiger partial charge < -0.3 is 24.8 Å². The lowest BCUT2D eigenvalue weighted by Gasteiger charge is -2.40. The molecule has 2 atom stereocenters. The van der Waals surface area contributed by atoms with Crippen LogP contribution in [0.5, 0.6) is 5.75 Å². The second-order valence-electron chi connectivity index (χ2n) is 7.40. The predicted octanol–water partition coefficient (Wildman–Crippen LogP) is 3.47. The molecule has 0 radical (unpaired) electrons. The van der Waals surface area contributed by atoms with Crippen LogP contribution in [0.1, 0.15) is 26.9 Å². The molecule has 0 spiro atoms. The molecule has 7 nitrogen and oxygen atoms in total. The number of amides is 2. The first kappa shape index (κ1) is 22.0. The highest BCUT2D eigenvalue weighted by Crippen LogP contribution is 2.31. The second-order valence-corrected chi connectivity index (χ2v) is 8.35. The Morgan fingerprint density at radius 2 is 1.94 bits per heavy atom. The molecule has 2 N–H and O–H groups in total. The number of nitrogens with zero attached hydrogens (tertiary/aromatic N) is 1. The Balaban J connectivity index is 1.48. The molecule has 8 heteroatoms. The van der Waals surface area contributed by atoms with Crippen molar-refractivity contribution in [2.75, 3.05) is 25.6 Å². The molecular formula is C24H24N2O5S. The SMILES string of the molecule is COc1ccc(CN2C(=O)COC(c3ccc(NC(=O)c4cccs4)cc3)C2CO)cc1. The third-order valence-corrected chi connectivity index (χ3v) is 6.27. The summed E-state index contributed by atoms with van der Waals surface area (Å²) in [4.78, 5) is 27.1. The molecule has 0 bridgehead atoms. The van der Waals surface area contributed by atoms with Gasteiger partial charge in [-0.2, -0.15) is 0 Å². The van der Waals surface area contributed by atoms with Gasteiger partial charge in [0.25, 0.3) is 5.91 Å². The van der Waals surface area contributed by atoms with Gasteiger partial charge in [-0.3, -0.25) is 9.59 Å². The first-order chi connectivity index (χ1) is 15.6. The standard InChI is InChI=1S/C24H24N2O5S/c1-30-19-10-4-16(5-11-19)13-26-20(14-27)23(31-15-22(26)28)17-6-8-18(9-7-17)25-24(29)21-3-2-12-32-21/h2-12,20,23,27H,13-15H2,1H3,(H,25,29). The van der Waals surface area contributed by atoms with E-state index in [-0.39, 0.29) is 25.0 Å². The highest BCUT2D eigenvalue weighted by molar-refractivity contribution is 7.12. The van der Waals surface area contributed by atoms with Crippen molar-refractivity contribution in [1.29, 1.82) is 0 Å². The van der Waals surface area contributed by atoms with Crippen LogP contribution in [-0.2, 0) is 16.1 Å². The minimum atomic E-state index is -0.523. The summed E-state index contributed by atoms with van der Waals surface area (Å²) >= 11 is 1.38. The molecule has 0 saturated carbocycles. The molecular weight excluding hydrogens is 428 g/mol. The third-order valence-electron chi connectivity index (χ3n) is 5.40. The van der Waals surface area contributed by atoms with Crippen molar-refractivity contribution in [1.82, 2.24) is 4.90 Å². The predicted molar refractivity (Wildman–Crippen MR) is 122 cm³/mol. The minimum Gasteiger partial charge on any atom is -0.497 e. The smallest absolute Gasteiger partial charge is 0.265 e. The van der Waals surface area contributed by atoms with Gasteiger partial charge in [-0.1, -0.05) is 30.3 Å². The van der Waals surface area contributed by atoms with E-state index in [0.29, 0.717) is 17.1 Å². The Kier molecular flexibility index (Phi) is 6.84. The van der Waals surface area contributed by atoms with Crippen LogP contribution >= 0.6 is 11.3 Å². The molecule has 2 aromatic carbocycles. The molecule has 166 valence electrons. The van der Waals surface area contributed by atoms with E-state index in [1.807, 2.05) is 47.8 Å². The summed E-state index contributed by atoms with van der Waals surface area (Å²) in [5, 5.41) is 14.8. The summed E-state index contributed by atoms with van der Waals surface area (Å²) in [6, 6.07) is 17.8. The maximum Gasteiger partial charge on any atom is 0.265 e. The van der Waals surface area contributed by atoms with E-state index >= 15 is 0 Å². The van der Waals surface area contributed by atoms with Crippen molar-refractivity contribution in [3.8, 4) is 5.75 Å². The van der Waals surface area contributed by atoms with E-state index in [1.165, 1.54) is 11.3 Å². The first-order valence-corrected chi connectivity index (χ1v) is 11.1. The Labute approximate surface area is 190 Å². The van der Waals surface area contributed by atoms with Gasteiger partial charge in [-0.15, -0.1) is 11.3 Å². The van der Waals surface area contributed by atoms with Gasteiger partial charge >= 0.3 is 0 Å². The fraction of sp³-hybridized carbons (Fsp3) is 0.250. The Morgan fingerprint density at radius 3 is 2.56 bits per heavy atom. The van der Waals surface area contributed by atoms with Gasteiger partial charge in [0.15, 0.2) is 0 Å². The number of methoxy groups -OCH3 is 1. The number of hydrogen-bond donors (Lipinski definition) is 2. The number of carbonyl (C=O) groups excluding carboxylic acids is 2. The van der Waals surface area contributed by atoms with Crippen molar-refractivity contribution < 1.29 is 24.2 Å². The van der Waals surface area contributed by atoms with Gasteiger partial charge in [0.1, 0.15) is 18.5 Å². The van der Waals surface area contributed by atoms with Gasteiger partial charge in [0, 0.05) is 12.2 Å². The van der Waals surface area contributed by atoms with E-state index in [2.05, 4.69) is 5.32 Å². The quantitative estimate of drug-likeness (QED) is 0.573. The maximum absolute atomic E-state index is 12.6. The number of thiophene rings is 1. The number of anilines is 1. The summed E-state index contributed by atoms with van der Waals surface area (Å²) in [6.07, 6.45) is -0.474. The first-order valence-electron chi connectivity index (χ1n) is 10.2. The van der Waals surface area contributed by atoms with E-state index in [0.717, 1.165) is 16.9 Å². The van der Waals surface area contributed by atoms with Crippen LogP contribution in [-0.4, -0.2) is 48.2 Å². The Morgan fingerprint density at radius 1 is 1.19 bits per heavy atom. The molecule has 1 saturated heterocycles. The van der Waals surface area contributed by atoms with E-state index in [4.69, 9.17) is 9.47 Å². The van der Waals surface area contributed by atoms with Crippen molar-refractivity contribution in [3.05, 3.63) is 82.0 Å². The Hall–Kier alpha value is -3.20. The average Bonchev–Trinajstić information content (AvgIpc) is 3.37. The fourth-order valence-electron chi connectivity index (χ4n) is 3.71. The lowest BCUT2D eigenvalue weighted by Crippen LogP contribution is -2.52. The van der Waals surface area contributed by atoms with Crippen LogP contribution in [0.15, 0.2) is 66.0 Å². The van der Waals surface area contributed by atoms with Crippen LogP contribution in [0.3, 0.4) is 0 Å². The number of hydrogen-bond acceptors (Lipinski definition) is 6. The van der Waals surface area contributed by atoms with E-state index in [9.17, 15) is 14.7 Å². The number of aliphatic hydroxyl groups is 1. The largest absolute Gasteiger partial charge is 0.497 e. The number of morpholine rings is 1. The summed E-state index contributed by atoms with van der Waals surface area (Å²) < 4.78 is 11.0. The number of ether oxygens (including phenoxy) is 2. The van der Waals surface area contributed by atoms with Crippen LogP contribution < -0.4 is 10.1 Å². The van der Waals surface area contributed by atoms with Crippen molar-refractivity contribution in [2.24, 2.45) is 0 Å². The zero-order valence-electron chi connectivity index (χ0n) is 17.6. The molecule has 4 rings (SSSR count). The van der Waals surface area contributed by atoms with Gasteiger partial charge in [-0.05, 0) is 46.8 Å². The van der Waals surface area contributed by atoms with Gasteiger partial charge in [-0.25, -0.2) is 0 Å². The maximum atomic E-state index is 12.6. The summed E-state index contributed by atoms with van der Waals surface area (Å²) in [5.74, 6) is 0.409. The average molecular weight is 453 g/mol. The number of carbonyl (C=O) groups is 2. The van der Waals surface area contributed by atoms with Crippen molar-refractivity contribution in [2.45, 2.75) is 18.7 Å². The number of benzene rings is 2. The van der Waals surface area contributed by atoms with E-state index < -0.39 is 12.1 Å². The molecule has 1 aromatic heterocycles. The normalized spacial score (nSPS) is 18.4. The zero-order chi connectivity index (χ0) is 22.5. The van der Waals surface area contributed by atoms with Gasteiger partial charge in [0.2, 0.25) is 5.91 Å². The fourth-order valence-corrected chi connectivity index (χ4v) is 4.32. The molecule has 2 amide bonds. The lowest BCUT2D eigenvalue weighted by atomic mass is 9.98. The molecule has 32 heavy (non-hydrogen) atoms. The third kappa shape index (κ3) is 4.83. The minimum absolute atomic E-state index is 0.0613. The molecule has 1 fully saturated rings. The second kappa shape index (κ2) is 9.95. The summed E-state index contributed by atoms with van der Waals surface area (Å²) in [7, 11) is 1.60. The van der Waals surface area contributed by atoms with Gasteiger partial charge in [0.05, 0.1) is 24.6 Å². The van der Waals surface area contributed by atoms with Crippen molar-refractivity contribution >= 4 is 28.8 Å². The number of rotatable bonds is 7. The molecule has 2 unspecified atom stereocenters. The number of aliphatic hydroxyl groups excluding tert-OH is 1. The highest BCUT2D eigenvalue weighted by Gasteiger charge is 2.37. The zero-order valence-corrected chi connectivity index (χ0v) is 18.4. The highest BCUT2D eigenvalue weighted by atomic mass is 32.1. The topological polar surface area (TPSA) is 88.1 Å². The van der Waals surface area contributed by atoms with Crippen molar-refractivity contribution in [3.63, 3.8) is 0 Å². The van der Waals surface area contributed by atoms with Crippen LogP contribution in [0.2, 0.25) is 0 Å².